The highest BCUT2D eigenvalue weighted by Gasteiger charge is 2.31. The number of para-hydroxylation sites is 2. The van der Waals surface area contributed by atoms with Crippen molar-refractivity contribution in [3.63, 3.8) is 0 Å². The Labute approximate surface area is 199 Å². The SMILES string of the molecule is c1ccc(-c2cc(-c3ccccc3)cc(-c3ccc(C4Cn5c6ccccc6n54)cc3)c2)cc1. The van der Waals surface area contributed by atoms with Gasteiger partial charge in [-0.3, -0.25) is 9.36 Å². The molecule has 1 atom stereocenters. The van der Waals surface area contributed by atoms with E-state index in [4.69, 9.17) is 0 Å². The van der Waals surface area contributed by atoms with E-state index in [1.54, 1.807) is 0 Å². The van der Waals surface area contributed by atoms with Crippen molar-refractivity contribution in [3.8, 4) is 33.4 Å². The minimum atomic E-state index is 0.430. The lowest BCUT2D eigenvalue weighted by Crippen LogP contribution is -2.41. The number of aromatic nitrogens is 2. The van der Waals surface area contributed by atoms with Crippen molar-refractivity contribution in [1.29, 1.82) is 0 Å². The molecular formula is C32H24N2. The van der Waals surface area contributed by atoms with Crippen LogP contribution in [0.1, 0.15) is 11.6 Å². The van der Waals surface area contributed by atoms with Crippen LogP contribution >= 0.6 is 0 Å². The average molecular weight is 437 g/mol. The maximum absolute atomic E-state index is 2.41. The number of benzene rings is 5. The van der Waals surface area contributed by atoms with Crippen LogP contribution in [0.3, 0.4) is 0 Å². The van der Waals surface area contributed by atoms with Gasteiger partial charge in [0.2, 0.25) is 0 Å². The first-order valence-corrected chi connectivity index (χ1v) is 11.9. The van der Waals surface area contributed by atoms with Gasteiger partial charge in [-0.1, -0.05) is 97.1 Å². The molecule has 2 heteroatoms. The van der Waals surface area contributed by atoms with Crippen LogP contribution in [0.5, 0.6) is 0 Å². The molecule has 0 saturated heterocycles. The number of hydrogen-bond acceptors (Lipinski definition) is 0. The van der Waals surface area contributed by atoms with E-state index in [0.29, 0.717) is 6.04 Å². The van der Waals surface area contributed by atoms with E-state index in [9.17, 15) is 0 Å². The van der Waals surface area contributed by atoms with E-state index in [0.717, 1.165) is 6.54 Å². The molecule has 1 aliphatic heterocycles. The smallest absolute Gasteiger partial charge is 0.0952 e. The highest BCUT2D eigenvalue weighted by Crippen LogP contribution is 2.39. The van der Waals surface area contributed by atoms with Gasteiger partial charge in [-0.25, -0.2) is 0 Å². The van der Waals surface area contributed by atoms with Gasteiger partial charge in [-0.2, -0.15) is 0 Å². The Morgan fingerprint density at radius 1 is 0.441 bits per heavy atom. The maximum atomic E-state index is 2.41. The molecule has 0 aliphatic carbocycles. The van der Waals surface area contributed by atoms with Crippen molar-refractivity contribution in [2.24, 2.45) is 0 Å². The summed E-state index contributed by atoms with van der Waals surface area (Å²) in [6.45, 7) is 1.05. The molecule has 0 amide bonds. The Kier molecular flexibility index (Phi) is 4.31. The highest BCUT2D eigenvalue weighted by molar-refractivity contribution is 5.82. The van der Waals surface area contributed by atoms with E-state index < -0.39 is 0 Å². The molecule has 2 heterocycles. The largest absolute Gasteiger partial charge is 0.280 e. The van der Waals surface area contributed by atoms with Gasteiger partial charge < -0.3 is 0 Å². The molecule has 162 valence electrons. The monoisotopic (exact) mass is 436 g/mol. The summed E-state index contributed by atoms with van der Waals surface area (Å²) in [7, 11) is 0. The van der Waals surface area contributed by atoms with Crippen molar-refractivity contribution >= 4 is 11.0 Å². The van der Waals surface area contributed by atoms with Crippen LogP contribution in [0.15, 0.2) is 127 Å². The first-order valence-electron chi connectivity index (χ1n) is 11.9. The highest BCUT2D eigenvalue weighted by atomic mass is 15.5. The fraction of sp³-hybridized carbons (Fsp3) is 0.0625. The molecule has 6 aromatic rings. The van der Waals surface area contributed by atoms with E-state index >= 15 is 0 Å². The normalized spacial score (nSPS) is 14.6. The minimum Gasteiger partial charge on any atom is -0.280 e. The van der Waals surface area contributed by atoms with Crippen molar-refractivity contribution < 1.29 is 0 Å². The molecule has 2 nitrogen and oxygen atoms in total. The van der Waals surface area contributed by atoms with Crippen LogP contribution < -0.4 is 0 Å². The number of rotatable bonds is 4. The van der Waals surface area contributed by atoms with E-state index in [2.05, 4.69) is 137 Å². The van der Waals surface area contributed by atoms with Crippen LogP contribution in [0.4, 0.5) is 0 Å². The van der Waals surface area contributed by atoms with Gasteiger partial charge >= 0.3 is 0 Å². The van der Waals surface area contributed by atoms with Gasteiger partial charge in [0.05, 0.1) is 23.6 Å². The standard InChI is InChI=1S/C32H24N2/c1-3-9-23(10-4-1)27-19-28(24-11-5-2-6-12-24)21-29(20-27)25-15-17-26(18-16-25)32-22-33-30-13-7-8-14-31(30)34(32)33/h1-21,32H,22H2. The number of nitrogens with zero attached hydrogens (tertiary/aromatic N) is 2. The third-order valence-corrected chi connectivity index (χ3v) is 7.08. The van der Waals surface area contributed by atoms with Gasteiger partial charge in [0, 0.05) is 0 Å². The van der Waals surface area contributed by atoms with Gasteiger partial charge in [-0.15, -0.1) is 0 Å². The van der Waals surface area contributed by atoms with Crippen LogP contribution in [0.2, 0.25) is 0 Å². The second kappa shape index (κ2) is 7.64. The van der Waals surface area contributed by atoms with Crippen LogP contribution in [0.25, 0.3) is 44.4 Å². The second-order valence-electron chi connectivity index (χ2n) is 9.08. The summed E-state index contributed by atoms with van der Waals surface area (Å²) in [6.07, 6.45) is 0. The zero-order valence-electron chi connectivity index (χ0n) is 18.8. The van der Waals surface area contributed by atoms with Gasteiger partial charge in [0.15, 0.2) is 0 Å². The minimum absolute atomic E-state index is 0.430. The third-order valence-electron chi connectivity index (χ3n) is 7.08. The Morgan fingerprint density at radius 2 is 0.912 bits per heavy atom. The van der Waals surface area contributed by atoms with Gasteiger partial charge in [0.1, 0.15) is 0 Å². The average Bonchev–Trinajstić information content (AvgIpc) is 2.90. The summed E-state index contributed by atoms with van der Waals surface area (Å²) in [5.74, 6) is 0. The second-order valence-corrected chi connectivity index (χ2v) is 9.08. The molecule has 0 saturated carbocycles. The fourth-order valence-corrected chi connectivity index (χ4v) is 5.28. The quantitative estimate of drug-likeness (QED) is 0.265. The van der Waals surface area contributed by atoms with Gasteiger partial charge in [-0.05, 0) is 69.3 Å². The van der Waals surface area contributed by atoms with E-state index in [-0.39, 0.29) is 0 Å². The number of hydrogen-bond donors (Lipinski definition) is 0. The molecule has 0 bridgehead atoms. The van der Waals surface area contributed by atoms with Crippen LogP contribution in [0, 0.1) is 0 Å². The molecule has 5 aromatic carbocycles. The summed E-state index contributed by atoms with van der Waals surface area (Å²) in [6, 6.07) is 46.5. The molecule has 0 N–H and O–H groups in total. The lowest BCUT2D eigenvalue weighted by Gasteiger charge is -2.42. The molecule has 34 heavy (non-hydrogen) atoms. The molecule has 1 aliphatic rings. The molecule has 0 radical (unpaired) electrons. The first-order chi connectivity index (χ1) is 16.8. The van der Waals surface area contributed by atoms with Gasteiger partial charge in [0.25, 0.3) is 0 Å². The number of fused-ring (bicyclic) bond motifs is 4. The van der Waals surface area contributed by atoms with Crippen LogP contribution in [-0.4, -0.2) is 9.36 Å². The molecule has 1 aromatic heterocycles. The van der Waals surface area contributed by atoms with Crippen molar-refractivity contribution in [2.75, 3.05) is 0 Å². The summed E-state index contributed by atoms with van der Waals surface area (Å²) < 4.78 is 4.78. The van der Waals surface area contributed by atoms with Crippen molar-refractivity contribution in [1.82, 2.24) is 9.36 Å². The van der Waals surface area contributed by atoms with Crippen LogP contribution in [-0.2, 0) is 6.54 Å². The summed E-state index contributed by atoms with van der Waals surface area (Å²) in [5, 5.41) is 0. The van der Waals surface area contributed by atoms with Crippen molar-refractivity contribution in [2.45, 2.75) is 12.6 Å². The summed E-state index contributed by atoms with van der Waals surface area (Å²) >= 11 is 0. The molecule has 0 spiro atoms. The fourth-order valence-electron chi connectivity index (χ4n) is 5.28. The topological polar surface area (TPSA) is 9.86 Å². The Balaban J connectivity index is 1.27. The van der Waals surface area contributed by atoms with E-state index in [1.807, 2.05) is 0 Å². The molecule has 0 fully saturated rings. The predicted octanol–water partition coefficient (Wildman–Crippen LogP) is 8.05. The first kappa shape index (κ1) is 19.2. The Hall–Kier alpha value is -4.30. The summed E-state index contributed by atoms with van der Waals surface area (Å²) in [5.41, 5.74) is 11.5. The Bertz CT molecular complexity index is 1550. The Morgan fingerprint density at radius 3 is 1.47 bits per heavy atom. The lowest BCUT2D eigenvalue weighted by atomic mass is 9.92. The molecule has 7 rings (SSSR count). The molecular weight excluding hydrogens is 412 g/mol. The van der Waals surface area contributed by atoms with E-state index in [1.165, 1.54) is 50.0 Å². The predicted molar refractivity (Wildman–Crippen MR) is 141 cm³/mol. The molecule has 1 unspecified atom stereocenters. The lowest BCUT2D eigenvalue weighted by molar-refractivity contribution is 0.255. The van der Waals surface area contributed by atoms with Crippen molar-refractivity contribution in [3.05, 3.63) is 133 Å². The summed E-state index contributed by atoms with van der Waals surface area (Å²) in [4.78, 5) is 0. The maximum Gasteiger partial charge on any atom is 0.0952 e. The zero-order chi connectivity index (χ0) is 22.5. The third kappa shape index (κ3) is 3.03. The zero-order valence-corrected chi connectivity index (χ0v) is 18.8.